The summed E-state index contributed by atoms with van der Waals surface area (Å²) in [6.45, 7) is 7.91. The SMILES string of the molecule is COc1ccc(NC(C)CNC(=O)OC(C)(C)C)cc1OC. The molecule has 0 aromatic heterocycles. The van der Waals surface area contributed by atoms with Crippen LogP contribution in [-0.4, -0.2) is 38.5 Å². The molecule has 1 amide bonds. The van der Waals surface area contributed by atoms with Gasteiger partial charge in [-0.3, -0.25) is 0 Å². The van der Waals surface area contributed by atoms with Gasteiger partial charge in [-0.2, -0.15) is 0 Å². The molecule has 1 rings (SSSR count). The van der Waals surface area contributed by atoms with Crippen molar-refractivity contribution in [1.29, 1.82) is 0 Å². The molecule has 0 bridgehead atoms. The van der Waals surface area contributed by atoms with Crippen molar-refractivity contribution in [1.82, 2.24) is 5.32 Å². The molecule has 0 radical (unpaired) electrons. The summed E-state index contributed by atoms with van der Waals surface area (Å²) in [6, 6.07) is 5.61. The number of hydrogen-bond acceptors (Lipinski definition) is 5. The van der Waals surface area contributed by atoms with E-state index >= 15 is 0 Å². The smallest absolute Gasteiger partial charge is 0.407 e. The molecule has 6 nitrogen and oxygen atoms in total. The molecule has 6 heteroatoms. The van der Waals surface area contributed by atoms with E-state index in [-0.39, 0.29) is 6.04 Å². The van der Waals surface area contributed by atoms with E-state index in [1.165, 1.54) is 0 Å². The van der Waals surface area contributed by atoms with Crippen LogP contribution in [0.5, 0.6) is 11.5 Å². The zero-order chi connectivity index (χ0) is 16.8. The van der Waals surface area contributed by atoms with E-state index in [0.717, 1.165) is 5.69 Å². The highest BCUT2D eigenvalue weighted by atomic mass is 16.6. The van der Waals surface area contributed by atoms with Crippen LogP contribution in [0.3, 0.4) is 0 Å². The first kappa shape index (κ1) is 17.9. The fraction of sp³-hybridized carbons (Fsp3) is 0.562. The Morgan fingerprint density at radius 2 is 1.82 bits per heavy atom. The molecule has 0 heterocycles. The van der Waals surface area contributed by atoms with Crippen LogP contribution in [-0.2, 0) is 4.74 Å². The van der Waals surface area contributed by atoms with Crippen LogP contribution in [0.4, 0.5) is 10.5 Å². The van der Waals surface area contributed by atoms with E-state index in [1.54, 1.807) is 14.2 Å². The van der Waals surface area contributed by atoms with Gasteiger partial charge in [0.1, 0.15) is 5.60 Å². The summed E-state index contributed by atoms with van der Waals surface area (Å²) in [5, 5.41) is 6.01. The summed E-state index contributed by atoms with van der Waals surface area (Å²) in [6.07, 6.45) is -0.423. The second-order valence-electron chi connectivity index (χ2n) is 6.00. The first-order valence-corrected chi connectivity index (χ1v) is 7.20. The van der Waals surface area contributed by atoms with Crippen molar-refractivity contribution in [2.45, 2.75) is 39.3 Å². The maximum Gasteiger partial charge on any atom is 0.407 e. The molecule has 0 saturated carbocycles. The Bertz CT molecular complexity index is 497. The molecule has 0 fully saturated rings. The number of hydrogen-bond donors (Lipinski definition) is 2. The van der Waals surface area contributed by atoms with Crippen molar-refractivity contribution in [3.8, 4) is 11.5 Å². The van der Waals surface area contributed by atoms with Crippen LogP contribution in [0.15, 0.2) is 18.2 Å². The van der Waals surface area contributed by atoms with Crippen molar-refractivity contribution in [3.63, 3.8) is 0 Å². The number of alkyl carbamates (subject to hydrolysis) is 1. The lowest BCUT2D eigenvalue weighted by Gasteiger charge is -2.21. The number of rotatable bonds is 6. The predicted molar refractivity (Wildman–Crippen MR) is 86.9 cm³/mol. The Balaban J connectivity index is 2.51. The molecule has 0 aliphatic rings. The minimum atomic E-state index is -0.496. The Morgan fingerprint density at radius 1 is 1.18 bits per heavy atom. The predicted octanol–water partition coefficient (Wildman–Crippen LogP) is 3.03. The molecular weight excluding hydrogens is 284 g/mol. The molecular formula is C16H26N2O4. The topological polar surface area (TPSA) is 68.8 Å². The van der Waals surface area contributed by atoms with Crippen LogP contribution in [0.1, 0.15) is 27.7 Å². The Labute approximate surface area is 132 Å². The minimum Gasteiger partial charge on any atom is -0.493 e. The number of amides is 1. The van der Waals surface area contributed by atoms with E-state index in [4.69, 9.17) is 14.2 Å². The summed E-state index contributed by atoms with van der Waals surface area (Å²) in [5.74, 6) is 1.33. The van der Waals surface area contributed by atoms with Crippen molar-refractivity contribution in [3.05, 3.63) is 18.2 Å². The highest BCUT2D eigenvalue weighted by Gasteiger charge is 2.16. The van der Waals surface area contributed by atoms with Crippen molar-refractivity contribution < 1.29 is 19.0 Å². The van der Waals surface area contributed by atoms with Gasteiger partial charge in [0.05, 0.1) is 14.2 Å². The molecule has 1 unspecified atom stereocenters. The molecule has 0 saturated heterocycles. The first-order valence-electron chi connectivity index (χ1n) is 7.20. The summed E-state index contributed by atoms with van der Waals surface area (Å²) in [4.78, 5) is 11.6. The molecule has 1 aromatic rings. The molecule has 2 N–H and O–H groups in total. The van der Waals surface area contributed by atoms with Gasteiger partial charge in [0, 0.05) is 24.3 Å². The van der Waals surface area contributed by atoms with E-state index in [9.17, 15) is 4.79 Å². The standard InChI is InChI=1S/C16H26N2O4/c1-11(10-17-15(19)22-16(2,3)4)18-12-7-8-13(20-5)14(9-12)21-6/h7-9,11,18H,10H2,1-6H3,(H,17,19). The molecule has 124 valence electrons. The van der Waals surface area contributed by atoms with Crippen LogP contribution in [0, 0.1) is 0 Å². The second-order valence-corrected chi connectivity index (χ2v) is 6.00. The van der Waals surface area contributed by atoms with Gasteiger partial charge in [-0.15, -0.1) is 0 Å². The molecule has 22 heavy (non-hydrogen) atoms. The molecule has 0 aliphatic carbocycles. The van der Waals surface area contributed by atoms with Crippen LogP contribution in [0.25, 0.3) is 0 Å². The third kappa shape index (κ3) is 6.11. The van der Waals surface area contributed by atoms with Crippen molar-refractivity contribution in [2.75, 3.05) is 26.1 Å². The van der Waals surface area contributed by atoms with Gasteiger partial charge in [-0.05, 0) is 39.8 Å². The van der Waals surface area contributed by atoms with Gasteiger partial charge in [0.25, 0.3) is 0 Å². The fourth-order valence-electron chi connectivity index (χ4n) is 1.81. The quantitative estimate of drug-likeness (QED) is 0.845. The average molecular weight is 310 g/mol. The van der Waals surface area contributed by atoms with Gasteiger partial charge in [0.15, 0.2) is 11.5 Å². The number of nitrogens with one attached hydrogen (secondary N) is 2. The normalized spacial score (nSPS) is 12.3. The third-order valence-corrected chi connectivity index (χ3v) is 2.75. The highest BCUT2D eigenvalue weighted by Crippen LogP contribution is 2.29. The maximum absolute atomic E-state index is 11.6. The summed E-state index contributed by atoms with van der Waals surface area (Å²) < 4.78 is 15.6. The van der Waals surface area contributed by atoms with Gasteiger partial charge < -0.3 is 24.8 Å². The Hall–Kier alpha value is -2.11. The Morgan fingerprint density at radius 3 is 2.36 bits per heavy atom. The largest absolute Gasteiger partial charge is 0.493 e. The number of carbonyl (C=O) groups is 1. The lowest BCUT2D eigenvalue weighted by molar-refractivity contribution is 0.0526. The third-order valence-electron chi connectivity index (χ3n) is 2.75. The monoisotopic (exact) mass is 310 g/mol. The Kier molecular flexibility index (Phi) is 6.34. The van der Waals surface area contributed by atoms with E-state index in [2.05, 4.69) is 10.6 Å². The maximum atomic E-state index is 11.6. The zero-order valence-electron chi connectivity index (χ0n) is 14.1. The lowest BCUT2D eigenvalue weighted by Crippen LogP contribution is -2.38. The summed E-state index contributed by atoms with van der Waals surface area (Å²) in [5.41, 5.74) is 0.389. The number of ether oxygens (including phenoxy) is 3. The number of methoxy groups -OCH3 is 2. The van der Waals surface area contributed by atoms with Gasteiger partial charge in [-0.1, -0.05) is 0 Å². The molecule has 1 atom stereocenters. The fourth-order valence-corrected chi connectivity index (χ4v) is 1.81. The average Bonchev–Trinajstić information content (AvgIpc) is 2.43. The molecule has 0 spiro atoms. The summed E-state index contributed by atoms with van der Waals surface area (Å²) >= 11 is 0. The van der Waals surface area contributed by atoms with Crippen molar-refractivity contribution >= 4 is 11.8 Å². The van der Waals surface area contributed by atoms with Gasteiger partial charge in [-0.25, -0.2) is 4.79 Å². The van der Waals surface area contributed by atoms with Gasteiger partial charge >= 0.3 is 6.09 Å². The van der Waals surface area contributed by atoms with Crippen LogP contribution in [0.2, 0.25) is 0 Å². The highest BCUT2D eigenvalue weighted by molar-refractivity contribution is 5.67. The van der Waals surface area contributed by atoms with E-state index in [0.29, 0.717) is 18.0 Å². The van der Waals surface area contributed by atoms with Crippen LogP contribution < -0.4 is 20.1 Å². The van der Waals surface area contributed by atoms with E-state index < -0.39 is 11.7 Å². The number of anilines is 1. The van der Waals surface area contributed by atoms with Crippen molar-refractivity contribution in [2.24, 2.45) is 0 Å². The van der Waals surface area contributed by atoms with E-state index in [1.807, 2.05) is 45.9 Å². The number of carbonyl (C=O) groups excluding carboxylic acids is 1. The minimum absolute atomic E-state index is 0.0330. The zero-order valence-corrected chi connectivity index (χ0v) is 14.1. The first-order chi connectivity index (χ1) is 10.2. The molecule has 1 aromatic carbocycles. The van der Waals surface area contributed by atoms with Crippen LogP contribution >= 0.6 is 0 Å². The molecule has 0 aliphatic heterocycles. The van der Waals surface area contributed by atoms with Gasteiger partial charge in [0.2, 0.25) is 0 Å². The number of benzene rings is 1. The summed E-state index contributed by atoms with van der Waals surface area (Å²) in [7, 11) is 3.19. The second kappa shape index (κ2) is 7.77. The lowest BCUT2D eigenvalue weighted by atomic mass is 10.2.